The van der Waals surface area contributed by atoms with Gasteiger partial charge in [0.25, 0.3) is 0 Å². The van der Waals surface area contributed by atoms with Crippen molar-refractivity contribution in [1.82, 2.24) is 0 Å². The molecule has 1 aromatic carbocycles. The molecule has 1 atom stereocenters. The summed E-state index contributed by atoms with van der Waals surface area (Å²) >= 11 is 0. The zero-order valence-corrected chi connectivity index (χ0v) is 9.52. The molecule has 3 N–H and O–H groups in total. The number of halogens is 4. The number of rotatable bonds is 6. The molecule has 0 aliphatic heterocycles. The molecule has 19 heavy (non-hydrogen) atoms. The van der Waals surface area contributed by atoms with E-state index in [9.17, 15) is 22.4 Å². The third-order valence-electron chi connectivity index (χ3n) is 2.21. The number of hydrogen-bond acceptors (Lipinski definition) is 3. The molecule has 0 spiro atoms. The highest BCUT2D eigenvalue weighted by atomic mass is 19.3. The summed E-state index contributed by atoms with van der Waals surface area (Å²) in [5, 5.41) is 8.53. The summed E-state index contributed by atoms with van der Waals surface area (Å²) in [6.45, 7) is 0. The second-order valence-corrected chi connectivity index (χ2v) is 3.74. The summed E-state index contributed by atoms with van der Waals surface area (Å²) < 4.78 is 52.8. The standard InChI is InChI=1S/C11H11F4NO3/c12-10(13)11(14,15)19-7-3-1-6(2-4-7)8(16)5-9(17)18/h1-4,8,10H,5,16H2,(H,17,18)/t8-/m0/s1. The lowest BCUT2D eigenvalue weighted by atomic mass is 10.0. The van der Waals surface area contributed by atoms with Crippen LogP contribution in [-0.4, -0.2) is 23.6 Å². The minimum absolute atomic E-state index is 0.340. The first-order valence-electron chi connectivity index (χ1n) is 5.14. The predicted octanol–water partition coefficient (Wildman–Crippen LogP) is 2.40. The van der Waals surface area contributed by atoms with Crippen molar-refractivity contribution >= 4 is 5.97 Å². The van der Waals surface area contributed by atoms with Crippen LogP contribution in [0.1, 0.15) is 18.0 Å². The molecule has 0 aliphatic carbocycles. The van der Waals surface area contributed by atoms with Gasteiger partial charge in [-0.15, -0.1) is 0 Å². The van der Waals surface area contributed by atoms with Gasteiger partial charge in [-0.3, -0.25) is 4.79 Å². The van der Waals surface area contributed by atoms with Crippen molar-refractivity contribution in [3.05, 3.63) is 29.8 Å². The van der Waals surface area contributed by atoms with Gasteiger partial charge >= 0.3 is 18.5 Å². The smallest absolute Gasteiger partial charge is 0.461 e. The van der Waals surface area contributed by atoms with Gasteiger partial charge in [0.1, 0.15) is 5.75 Å². The van der Waals surface area contributed by atoms with Crippen molar-refractivity contribution < 1.29 is 32.2 Å². The average Bonchev–Trinajstić information content (AvgIpc) is 2.28. The van der Waals surface area contributed by atoms with E-state index >= 15 is 0 Å². The lowest BCUT2D eigenvalue weighted by Gasteiger charge is -2.17. The first kappa shape index (κ1) is 15.2. The van der Waals surface area contributed by atoms with Crippen molar-refractivity contribution in [1.29, 1.82) is 0 Å². The quantitative estimate of drug-likeness (QED) is 0.785. The molecule has 8 heteroatoms. The number of nitrogens with two attached hydrogens (primary N) is 1. The van der Waals surface area contributed by atoms with E-state index in [0.29, 0.717) is 5.56 Å². The van der Waals surface area contributed by atoms with Crippen LogP contribution in [0.5, 0.6) is 5.75 Å². The van der Waals surface area contributed by atoms with Gasteiger partial charge in [0.05, 0.1) is 6.42 Å². The maximum absolute atomic E-state index is 12.6. The minimum Gasteiger partial charge on any atom is -0.481 e. The molecule has 0 saturated heterocycles. The fraction of sp³-hybridized carbons (Fsp3) is 0.364. The van der Waals surface area contributed by atoms with Crippen molar-refractivity contribution in [3.8, 4) is 5.75 Å². The Morgan fingerprint density at radius 3 is 2.26 bits per heavy atom. The van der Waals surface area contributed by atoms with Gasteiger partial charge in [-0.1, -0.05) is 12.1 Å². The van der Waals surface area contributed by atoms with Gasteiger partial charge < -0.3 is 15.6 Å². The Hall–Kier alpha value is -1.83. The third-order valence-corrected chi connectivity index (χ3v) is 2.21. The summed E-state index contributed by atoms with van der Waals surface area (Å²) in [7, 11) is 0. The molecule has 0 heterocycles. The Labute approximate surface area is 105 Å². The van der Waals surface area contributed by atoms with Crippen LogP contribution in [-0.2, 0) is 4.79 Å². The number of carboxylic acid groups (broad SMARTS) is 1. The topological polar surface area (TPSA) is 72.6 Å². The highest BCUT2D eigenvalue weighted by molar-refractivity contribution is 5.67. The molecule has 106 valence electrons. The minimum atomic E-state index is -4.58. The number of benzene rings is 1. The summed E-state index contributed by atoms with van der Waals surface area (Å²) in [5.74, 6) is -1.58. The fourth-order valence-electron chi connectivity index (χ4n) is 1.29. The molecular formula is C11H11F4NO3. The number of alkyl halides is 4. The molecule has 1 aromatic rings. The third kappa shape index (κ3) is 4.40. The summed E-state index contributed by atoms with van der Waals surface area (Å²) in [6.07, 6.45) is -8.86. The van der Waals surface area contributed by atoms with Gasteiger partial charge in [0.15, 0.2) is 0 Å². The normalized spacial score (nSPS) is 13.4. The fourth-order valence-corrected chi connectivity index (χ4v) is 1.29. The van der Waals surface area contributed by atoms with Gasteiger partial charge in [0, 0.05) is 6.04 Å². The number of carboxylic acids is 1. The molecule has 0 aliphatic rings. The molecular weight excluding hydrogens is 270 g/mol. The Kier molecular flexibility index (Phi) is 4.71. The van der Waals surface area contributed by atoms with E-state index in [1.165, 1.54) is 12.1 Å². The van der Waals surface area contributed by atoms with E-state index < -0.39 is 30.3 Å². The lowest BCUT2D eigenvalue weighted by Crippen LogP contribution is -2.33. The summed E-state index contributed by atoms with van der Waals surface area (Å²) in [6, 6.07) is 3.71. The van der Waals surface area contributed by atoms with Gasteiger partial charge in [0.2, 0.25) is 0 Å². The van der Waals surface area contributed by atoms with Crippen LogP contribution in [0.25, 0.3) is 0 Å². The van der Waals surface area contributed by atoms with E-state index in [1.54, 1.807) is 0 Å². The van der Waals surface area contributed by atoms with Crippen LogP contribution in [0, 0.1) is 0 Å². The molecule has 0 aromatic heterocycles. The molecule has 0 unspecified atom stereocenters. The molecule has 4 nitrogen and oxygen atoms in total. The molecule has 1 rings (SSSR count). The molecule has 0 saturated carbocycles. The van der Waals surface area contributed by atoms with Crippen LogP contribution < -0.4 is 10.5 Å². The van der Waals surface area contributed by atoms with Gasteiger partial charge in [-0.25, -0.2) is 0 Å². The first-order valence-corrected chi connectivity index (χ1v) is 5.14. The van der Waals surface area contributed by atoms with Crippen LogP contribution in [0.15, 0.2) is 24.3 Å². The molecule has 0 amide bonds. The van der Waals surface area contributed by atoms with E-state index in [-0.39, 0.29) is 6.42 Å². The number of aliphatic carboxylic acids is 1. The Bertz CT molecular complexity index is 436. The summed E-state index contributed by atoms with van der Waals surface area (Å²) in [4.78, 5) is 10.4. The Morgan fingerprint density at radius 2 is 1.84 bits per heavy atom. The second kappa shape index (κ2) is 5.87. The number of ether oxygens (including phenoxy) is 1. The molecule has 0 bridgehead atoms. The Morgan fingerprint density at radius 1 is 1.32 bits per heavy atom. The van der Waals surface area contributed by atoms with Crippen molar-refractivity contribution in [2.24, 2.45) is 5.73 Å². The molecule has 0 fully saturated rings. The first-order chi connectivity index (χ1) is 8.72. The molecule has 0 radical (unpaired) electrons. The zero-order valence-electron chi connectivity index (χ0n) is 9.52. The van der Waals surface area contributed by atoms with E-state index in [1.807, 2.05) is 0 Å². The van der Waals surface area contributed by atoms with E-state index in [0.717, 1.165) is 12.1 Å². The van der Waals surface area contributed by atoms with Crippen molar-refractivity contribution in [2.75, 3.05) is 0 Å². The van der Waals surface area contributed by atoms with Gasteiger partial charge in [-0.05, 0) is 17.7 Å². The number of carbonyl (C=O) groups is 1. The summed E-state index contributed by atoms with van der Waals surface area (Å²) in [5.41, 5.74) is 5.90. The van der Waals surface area contributed by atoms with Crippen LogP contribution in [0.2, 0.25) is 0 Å². The SMILES string of the molecule is N[C@@H](CC(=O)O)c1ccc(OC(F)(F)C(F)F)cc1. The zero-order chi connectivity index (χ0) is 14.6. The largest absolute Gasteiger partial charge is 0.481 e. The van der Waals surface area contributed by atoms with Crippen molar-refractivity contribution in [2.45, 2.75) is 25.0 Å². The predicted molar refractivity (Wildman–Crippen MR) is 57.2 cm³/mol. The maximum Gasteiger partial charge on any atom is 0.461 e. The monoisotopic (exact) mass is 281 g/mol. The highest BCUT2D eigenvalue weighted by Crippen LogP contribution is 2.28. The van der Waals surface area contributed by atoms with Crippen LogP contribution in [0.3, 0.4) is 0 Å². The van der Waals surface area contributed by atoms with Gasteiger partial charge in [-0.2, -0.15) is 17.6 Å². The van der Waals surface area contributed by atoms with Crippen LogP contribution in [0.4, 0.5) is 17.6 Å². The average molecular weight is 281 g/mol. The number of hydrogen-bond donors (Lipinski definition) is 2. The Balaban J connectivity index is 2.74. The van der Waals surface area contributed by atoms with Crippen LogP contribution >= 0.6 is 0 Å². The van der Waals surface area contributed by atoms with E-state index in [4.69, 9.17) is 10.8 Å². The van der Waals surface area contributed by atoms with Crippen molar-refractivity contribution in [3.63, 3.8) is 0 Å². The maximum atomic E-state index is 12.6. The lowest BCUT2D eigenvalue weighted by molar-refractivity contribution is -0.253. The second-order valence-electron chi connectivity index (χ2n) is 3.74. The highest BCUT2D eigenvalue weighted by Gasteiger charge is 2.43. The van der Waals surface area contributed by atoms with E-state index in [2.05, 4.69) is 4.74 Å².